The predicted octanol–water partition coefficient (Wildman–Crippen LogP) is 26.1. The van der Waals surface area contributed by atoms with Gasteiger partial charge in [-0.2, -0.15) is 0 Å². The molecular weight excluding hydrogens is 1140 g/mol. The van der Waals surface area contributed by atoms with Gasteiger partial charge in [0.25, 0.3) is 0 Å². The van der Waals surface area contributed by atoms with E-state index in [-0.39, 0.29) is 19.1 Å². The number of carbonyl (C=O) groups is 1. The predicted molar refractivity (Wildman–Crippen MR) is 401 cm³/mol. The van der Waals surface area contributed by atoms with Gasteiger partial charge in [-0.3, -0.25) is 13.8 Å². The summed E-state index contributed by atoms with van der Waals surface area (Å²) in [5.74, 6) is -0.169. The van der Waals surface area contributed by atoms with Crippen LogP contribution < -0.4 is 5.32 Å². The number of carbonyl (C=O) groups excluding carboxylic acids is 1. The number of phosphoric ester groups is 1. The minimum atomic E-state index is -4.36. The van der Waals surface area contributed by atoms with Crippen molar-refractivity contribution < 1.29 is 32.9 Å². The average molecular weight is 1300 g/mol. The zero-order chi connectivity index (χ0) is 66.2. The highest BCUT2D eigenvalue weighted by atomic mass is 31.2. The van der Waals surface area contributed by atoms with E-state index < -0.39 is 20.0 Å². The van der Waals surface area contributed by atoms with E-state index in [1.807, 2.05) is 27.2 Å². The molecule has 0 aliphatic heterocycles. The highest BCUT2D eigenvalue weighted by Crippen LogP contribution is 2.43. The number of likely N-dealkylation sites (N-methyl/N-ethyl adjacent to an activating group) is 1. The molecule has 0 aromatic heterocycles. The van der Waals surface area contributed by atoms with Gasteiger partial charge in [-0.25, -0.2) is 4.57 Å². The molecule has 9 heteroatoms. The minimum Gasteiger partial charge on any atom is -0.387 e. The second-order valence-electron chi connectivity index (χ2n) is 28.4. The van der Waals surface area contributed by atoms with Crippen LogP contribution in [0.5, 0.6) is 0 Å². The summed E-state index contributed by atoms with van der Waals surface area (Å²) in [5.41, 5.74) is 0. The molecular formula is C82H156N2O6P+. The third-order valence-corrected chi connectivity index (χ3v) is 19.2. The van der Waals surface area contributed by atoms with E-state index in [2.05, 4.69) is 79.9 Å². The van der Waals surface area contributed by atoms with Crippen LogP contribution in [0.3, 0.4) is 0 Å². The maximum absolute atomic E-state index is 13.1. The lowest BCUT2D eigenvalue weighted by molar-refractivity contribution is -0.870. The topological polar surface area (TPSA) is 105 Å². The van der Waals surface area contributed by atoms with Crippen LogP contribution in [0.2, 0.25) is 0 Å². The van der Waals surface area contributed by atoms with Gasteiger partial charge in [0.1, 0.15) is 13.2 Å². The van der Waals surface area contributed by atoms with Crippen molar-refractivity contribution in [2.75, 3.05) is 40.9 Å². The van der Waals surface area contributed by atoms with Crippen molar-refractivity contribution in [2.45, 2.75) is 405 Å². The Bertz CT molecular complexity index is 1720. The molecule has 0 radical (unpaired) electrons. The van der Waals surface area contributed by atoms with Crippen molar-refractivity contribution >= 4 is 13.7 Å². The van der Waals surface area contributed by atoms with Crippen LogP contribution in [-0.2, 0) is 18.4 Å². The number of nitrogens with one attached hydrogen (secondary N) is 1. The maximum Gasteiger partial charge on any atom is 0.472 e. The van der Waals surface area contributed by atoms with Gasteiger partial charge in [0.2, 0.25) is 5.91 Å². The summed E-state index contributed by atoms with van der Waals surface area (Å²) in [6, 6.07) is -0.848. The molecule has 1 amide bonds. The molecule has 534 valence electrons. The summed E-state index contributed by atoms with van der Waals surface area (Å²) >= 11 is 0. The molecule has 0 saturated carbocycles. The number of unbranched alkanes of at least 4 members (excludes halogenated alkanes) is 51. The van der Waals surface area contributed by atoms with Crippen LogP contribution in [0.25, 0.3) is 0 Å². The monoisotopic (exact) mass is 1300 g/mol. The summed E-state index contributed by atoms with van der Waals surface area (Å²) in [7, 11) is 1.59. The van der Waals surface area contributed by atoms with Crippen molar-refractivity contribution in [3.63, 3.8) is 0 Å². The van der Waals surface area contributed by atoms with Gasteiger partial charge in [-0.1, -0.05) is 395 Å². The Labute approximate surface area is 567 Å². The van der Waals surface area contributed by atoms with Crippen molar-refractivity contribution in [1.29, 1.82) is 0 Å². The number of allylic oxidation sites excluding steroid dienone is 11. The normalized spacial score (nSPS) is 13.9. The fraction of sp³-hybridized carbons (Fsp3) is 0.841. The van der Waals surface area contributed by atoms with Crippen LogP contribution in [0.15, 0.2) is 72.9 Å². The fourth-order valence-corrected chi connectivity index (χ4v) is 12.8. The third-order valence-electron chi connectivity index (χ3n) is 18.2. The lowest BCUT2D eigenvalue weighted by Gasteiger charge is -2.25. The molecule has 8 nitrogen and oxygen atoms in total. The SMILES string of the molecule is CC/C=C\C/C=C\C/C=C\C/C=C\C/C=C\CCCCCCCCCCCCCCCCCCCCCCCCCCCC(=O)NC(COP(=O)(O)OCC[N+](C)(C)C)C(O)/C=C/CCCCCCCCCCCCCCCCCCCCCCCCCCCC. The number of amides is 1. The Hall–Kier alpha value is -2.06. The van der Waals surface area contributed by atoms with Crippen molar-refractivity contribution in [2.24, 2.45) is 0 Å². The second kappa shape index (κ2) is 72.2. The van der Waals surface area contributed by atoms with Gasteiger partial charge in [-0.05, 0) is 64.2 Å². The van der Waals surface area contributed by atoms with Crippen molar-refractivity contribution in [1.82, 2.24) is 5.32 Å². The number of phosphoric acid groups is 1. The largest absolute Gasteiger partial charge is 0.472 e. The molecule has 3 atom stereocenters. The van der Waals surface area contributed by atoms with E-state index in [1.54, 1.807) is 6.08 Å². The summed E-state index contributed by atoms with van der Waals surface area (Å²) < 4.78 is 23.9. The molecule has 0 aliphatic carbocycles. The summed E-state index contributed by atoms with van der Waals surface area (Å²) in [6.45, 7) is 4.76. The van der Waals surface area contributed by atoms with Gasteiger partial charge in [-0.15, -0.1) is 0 Å². The Morgan fingerprint density at radius 1 is 0.385 bits per heavy atom. The molecule has 0 aliphatic rings. The summed E-state index contributed by atoms with van der Waals surface area (Å²) in [4.78, 5) is 23.5. The van der Waals surface area contributed by atoms with Crippen LogP contribution in [-0.4, -0.2) is 73.4 Å². The molecule has 0 fully saturated rings. The van der Waals surface area contributed by atoms with E-state index in [0.29, 0.717) is 17.4 Å². The first-order valence-electron chi connectivity index (χ1n) is 39.8. The number of quaternary nitrogens is 1. The molecule has 0 aromatic rings. The van der Waals surface area contributed by atoms with Crippen LogP contribution in [0.4, 0.5) is 0 Å². The molecule has 0 saturated heterocycles. The number of aliphatic hydroxyl groups is 1. The van der Waals surface area contributed by atoms with E-state index >= 15 is 0 Å². The Morgan fingerprint density at radius 3 is 0.967 bits per heavy atom. The zero-order valence-corrected chi connectivity index (χ0v) is 62.2. The summed E-state index contributed by atoms with van der Waals surface area (Å²) in [5, 5.41) is 14.1. The molecule has 91 heavy (non-hydrogen) atoms. The smallest absolute Gasteiger partial charge is 0.387 e. The number of aliphatic hydroxyl groups excluding tert-OH is 1. The number of hydrogen-bond donors (Lipinski definition) is 3. The quantitative estimate of drug-likeness (QED) is 0.0243. The average Bonchev–Trinajstić information content (AvgIpc) is 3.59. The lowest BCUT2D eigenvalue weighted by atomic mass is 10.0. The molecule has 3 N–H and O–H groups in total. The van der Waals surface area contributed by atoms with Gasteiger partial charge in [0.05, 0.1) is 39.9 Å². The molecule has 0 bridgehead atoms. The number of rotatable bonds is 74. The number of hydrogen-bond acceptors (Lipinski definition) is 5. The highest BCUT2D eigenvalue weighted by Gasteiger charge is 2.28. The molecule has 0 rings (SSSR count). The van der Waals surface area contributed by atoms with Gasteiger partial charge < -0.3 is 19.8 Å². The molecule has 0 spiro atoms. The Morgan fingerprint density at radius 2 is 0.659 bits per heavy atom. The van der Waals surface area contributed by atoms with Crippen LogP contribution in [0.1, 0.15) is 393 Å². The molecule has 0 heterocycles. The first kappa shape index (κ1) is 88.9. The van der Waals surface area contributed by atoms with Gasteiger partial charge in [0.15, 0.2) is 0 Å². The molecule has 3 unspecified atom stereocenters. The van der Waals surface area contributed by atoms with E-state index in [9.17, 15) is 19.4 Å². The van der Waals surface area contributed by atoms with Crippen molar-refractivity contribution in [3.05, 3.63) is 72.9 Å². The van der Waals surface area contributed by atoms with Crippen LogP contribution >= 0.6 is 7.82 Å². The minimum absolute atomic E-state index is 0.0628. The lowest BCUT2D eigenvalue weighted by Crippen LogP contribution is -2.45. The second-order valence-corrected chi connectivity index (χ2v) is 29.9. The number of nitrogens with zero attached hydrogens (tertiary/aromatic N) is 1. The fourth-order valence-electron chi connectivity index (χ4n) is 12.1. The van der Waals surface area contributed by atoms with Crippen LogP contribution in [0, 0.1) is 0 Å². The third kappa shape index (κ3) is 75.2. The van der Waals surface area contributed by atoms with E-state index in [4.69, 9.17) is 9.05 Å². The van der Waals surface area contributed by atoms with Gasteiger partial charge >= 0.3 is 7.82 Å². The van der Waals surface area contributed by atoms with Crippen molar-refractivity contribution in [3.8, 4) is 0 Å². The highest BCUT2D eigenvalue weighted by molar-refractivity contribution is 7.47. The standard InChI is InChI=1S/C82H155N2O6P/c1-6-8-10-12-14-16-18-20-22-24-26-28-30-32-34-36-37-38-39-40-41-42-43-44-45-46-47-48-50-52-54-56-58-60-62-64-66-68-70-72-74-76-82(86)83-80(79-90-91(87,88)89-78-77-84(3,4)5)81(85)75-73-71-69-67-65-63-61-59-57-55-53-51-49-35-33-31-29-27-25-23-21-19-17-15-13-11-9-7-2/h8,10,14,16,20,22,26,28,32,34,73,75,80-81,85H,6-7,9,11-13,15,17-19,21,23-25,27,29-31,33,35-72,74,76-79H2,1-5H3,(H-,83,86,87,88)/p+1/b10-8-,16-14-,22-20-,28-26-,34-32-,75-73+. The zero-order valence-electron chi connectivity index (χ0n) is 61.3. The van der Waals surface area contributed by atoms with Gasteiger partial charge in [0, 0.05) is 6.42 Å². The first-order valence-corrected chi connectivity index (χ1v) is 41.3. The van der Waals surface area contributed by atoms with E-state index in [1.165, 1.54) is 308 Å². The Balaban J connectivity index is 3.93. The molecule has 0 aromatic carbocycles. The first-order chi connectivity index (χ1) is 44.5. The summed E-state index contributed by atoms with van der Waals surface area (Å²) in [6.07, 6.45) is 102. The van der Waals surface area contributed by atoms with E-state index in [0.717, 1.165) is 64.2 Å². The maximum atomic E-state index is 13.1. The Kier molecular flexibility index (Phi) is 70.6.